The maximum atomic E-state index is 12.1. The van der Waals surface area contributed by atoms with Crippen LogP contribution in [-0.2, 0) is 0 Å². The SMILES string of the molecule is COc1cc(O)c2c(cc(O)c3c(=O)cc(C)oc32)c1C. The molecule has 0 saturated carbocycles. The molecule has 0 aliphatic rings. The van der Waals surface area contributed by atoms with Crippen LogP contribution in [0.5, 0.6) is 17.2 Å². The van der Waals surface area contributed by atoms with Crippen molar-refractivity contribution in [1.82, 2.24) is 0 Å². The predicted octanol–water partition coefficient (Wildman–Crippen LogP) is 2.98. The second-order valence-corrected chi connectivity index (χ2v) is 4.97. The number of benzene rings is 2. The van der Waals surface area contributed by atoms with E-state index < -0.39 is 0 Å². The molecular formula is C16H14O5. The van der Waals surface area contributed by atoms with Gasteiger partial charge < -0.3 is 19.4 Å². The molecule has 21 heavy (non-hydrogen) atoms. The van der Waals surface area contributed by atoms with Crippen molar-refractivity contribution in [3.05, 3.63) is 39.7 Å². The highest BCUT2D eigenvalue weighted by Gasteiger charge is 2.18. The van der Waals surface area contributed by atoms with Crippen molar-refractivity contribution < 1.29 is 19.4 Å². The van der Waals surface area contributed by atoms with Crippen molar-refractivity contribution in [2.45, 2.75) is 13.8 Å². The molecule has 0 radical (unpaired) electrons. The average Bonchev–Trinajstić information content (AvgIpc) is 2.41. The number of hydrogen-bond donors (Lipinski definition) is 2. The number of phenolic OH excluding ortho intramolecular Hbond substituents is 2. The van der Waals surface area contributed by atoms with E-state index in [4.69, 9.17) is 9.15 Å². The minimum absolute atomic E-state index is 0.0629. The van der Waals surface area contributed by atoms with Crippen molar-refractivity contribution in [3.63, 3.8) is 0 Å². The number of hydrogen-bond acceptors (Lipinski definition) is 5. The van der Waals surface area contributed by atoms with Crippen LogP contribution in [0.1, 0.15) is 11.3 Å². The zero-order valence-electron chi connectivity index (χ0n) is 11.9. The highest BCUT2D eigenvalue weighted by molar-refractivity contribution is 6.11. The largest absolute Gasteiger partial charge is 0.507 e. The molecule has 1 aromatic heterocycles. The Hall–Kier alpha value is -2.69. The molecule has 3 rings (SSSR count). The third-order valence-electron chi connectivity index (χ3n) is 3.62. The van der Waals surface area contributed by atoms with E-state index in [-0.39, 0.29) is 27.9 Å². The van der Waals surface area contributed by atoms with Crippen molar-refractivity contribution in [3.8, 4) is 17.2 Å². The van der Waals surface area contributed by atoms with Crippen LogP contribution >= 0.6 is 0 Å². The van der Waals surface area contributed by atoms with Gasteiger partial charge >= 0.3 is 0 Å². The lowest BCUT2D eigenvalue weighted by molar-refractivity contribution is 0.406. The smallest absolute Gasteiger partial charge is 0.196 e. The van der Waals surface area contributed by atoms with Gasteiger partial charge in [-0.25, -0.2) is 0 Å². The molecule has 0 fully saturated rings. The fourth-order valence-corrected chi connectivity index (χ4v) is 2.63. The Kier molecular flexibility index (Phi) is 2.79. The van der Waals surface area contributed by atoms with Gasteiger partial charge in [0, 0.05) is 12.1 Å². The summed E-state index contributed by atoms with van der Waals surface area (Å²) < 4.78 is 10.8. The first-order chi connectivity index (χ1) is 9.93. The molecule has 0 bridgehead atoms. The second kappa shape index (κ2) is 4.41. The molecule has 0 unspecified atom stereocenters. The highest BCUT2D eigenvalue weighted by Crippen LogP contribution is 2.41. The van der Waals surface area contributed by atoms with Gasteiger partial charge in [-0.15, -0.1) is 0 Å². The van der Waals surface area contributed by atoms with Gasteiger partial charge in [-0.05, 0) is 30.9 Å². The van der Waals surface area contributed by atoms with E-state index in [1.54, 1.807) is 13.8 Å². The lowest BCUT2D eigenvalue weighted by Crippen LogP contribution is -2.01. The molecule has 2 N–H and O–H groups in total. The highest BCUT2D eigenvalue weighted by atomic mass is 16.5. The number of aryl methyl sites for hydroxylation is 2. The van der Waals surface area contributed by atoms with Crippen molar-refractivity contribution in [2.24, 2.45) is 0 Å². The third-order valence-corrected chi connectivity index (χ3v) is 3.62. The zero-order chi connectivity index (χ0) is 15.3. The summed E-state index contributed by atoms with van der Waals surface area (Å²) in [6.45, 7) is 3.45. The van der Waals surface area contributed by atoms with E-state index in [1.165, 1.54) is 25.3 Å². The van der Waals surface area contributed by atoms with Gasteiger partial charge in [-0.2, -0.15) is 0 Å². The first-order valence-electron chi connectivity index (χ1n) is 6.40. The zero-order valence-corrected chi connectivity index (χ0v) is 11.9. The quantitative estimate of drug-likeness (QED) is 0.672. The maximum absolute atomic E-state index is 12.1. The number of fused-ring (bicyclic) bond motifs is 3. The Morgan fingerprint density at radius 3 is 2.38 bits per heavy atom. The Morgan fingerprint density at radius 1 is 1.05 bits per heavy atom. The van der Waals surface area contributed by atoms with E-state index in [0.29, 0.717) is 22.3 Å². The molecule has 0 saturated heterocycles. The van der Waals surface area contributed by atoms with E-state index in [9.17, 15) is 15.0 Å². The fourth-order valence-electron chi connectivity index (χ4n) is 2.63. The van der Waals surface area contributed by atoms with Gasteiger partial charge in [0.25, 0.3) is 0 Å². The molecule has 0 amide bonds. The lowest BCUT2D eigenvalue weighted by Gasteiger charge is -2.12. The standard InChI is InChI=1S/C16H14O5/c1-7-4-10(17)15-11(18)5-9-8(2)13(20-3)6-12(19)14(9)16(15)21-7/h4-6,18-19H,1-3H3. The minimum Gasteiger partial charge on any atom is -0.507 e. The Morgan fingerprint density at radius 2 is 1.71 bits per heavy atom. The molecule has 5 nitrogen and oxygen atoms in total. The van der Waals surface area contributed by atoms with Crippen molar-refractivity contribution >= 4 is 21.7 Å². The number of aromatic hydroxyl groups is 2. The Bertz CT molecular complexity index is 937. The van der Waals surface area contributed by atoms with Crippen LogP contribution in [0, 0.1) is 13.8 Å². The van der Waals surface area contributed by atoms with Gasteiger partial charge in [0.05, 0.1) is 12.5 Å². The molecule has 3 aromatic rings. The molecule has 0 aliphatic heterocycles. The van der Waals surface area contributed by atoms with Crippen LogP contribution < -0.4 is 10.2 Å². The van der Waals surface area contributed by atoms with Crippen LogP contribution in [0.3, 0.4) is 0 Å². The van der Waals surface area contributed by atoms with Crippen LogP contribution in [0.15, 0.2) is 27.4 Å². The van der Waals surface area contributed by atoms with E-state index in [1.807, 2.05) is 0 Å². The number of methoxy groups -OCH3 is 1. The number of phenols is 2. The summed E-state index contributed by atoms with van der Waals surface area (Å²) in [5, 5.41) is 21.4. The van der Waals surface area contributed by atoms with Crippen LogP contribution in [0.4, 0.5) is 0 Å². The van der Waals surface area contributed by atoms with Gasteiger partial charge in [-0.1, -0.05) is 0 Å². The average molecular weight is 286 g/mol. The normalized spacial score (nSPS) is 11.2. The number of rotatable bonds is 1. The summed E-state index contributed by atoms with van der Waals surface area (Å²) in [7, 11) is 1.50. The predicted molar refractivity (Wildman–Crippen MR) is 79.3 cm³/mol. The number of ether oxygens (including phenoxy) is 1. The fraction of sp³-hybridized carbons (Fsp3) is 0.188. The Labute approximate surface area is 120 Å². The van der Waals surface area contributed by atoms with Gasteiger partial charge in [0.1, 0.15) is 28.4 Å². The van der Waals surface area contributed by atoms with Crippen LogP contribution in [0.25, 0.3) is 21.7 Å². The van der Waals surface area contributed by atoms with Gasteiger partial charge in [0.15, 0.2) is 11.0 Å². The molecule has 0 atom stereocenters. The Balaban J connectivity index is 2.67. The molecule has 108 valence electrons. The summed E-state index contributed by atoms with van der Waals surface area (Å²) >= 11 is 0. The summed E-state index contributed by atoms with van der Waals surface area (Å²) in [5.41, 5.74) is 0.575. The summed E-state index contributed by atoms with van der Waals surface area (Å²) in [4.78, 5) is 12.1. The monoisotopic (exact) mass is 286 g/mol. The van der Waals surface area contributed by atoms with E-state index >= 15 is 0 Å². The molecule has 2 aromatic carbocycles. The summed E-state index contributed by atoms with van der Waals surface area (Å²) in [5.74, 6) is 0.661. The molecule has 1 heterocycles. The molecule has 5 heteroatoms. The van der Waals surface area contributed by atoms with Crippen LogP contribution in [0.2, 0.25) is 0 Å². The van der Waals surface area contributed by atoms with Crippen molar-refractivity contribution in [1.29, 1.82) is 0 Å². The molecule has 0 aliphatic carbocycles. The first-order valence-corrected chi connectivity index (χ1v) is 6.40. The van der Waals surface area contributed by atoms with E-state index in [0.717, 1.165) is 5.56 Å². The van der Waals surface area contributed by atoms with Gasteiger partial charge in [-0.3, -0.25) is 4.79 Å². The summed E-state index contributed by atoms with van der Waals surface area (Å²) in [6.07, 6.45) is 0. The minimum atomic E-state index is -0.346. The maximum Gasteiger partial charge on any atom is 0.196 e. The van der Waals surface area contributed by atoms with E-state index in [2.05, 4.69) is 0 Å². The van der Waals surface area contributed by atoms with Gasteiger partial charge in [0.2, 0.25) is 0 Å². The molecular weight excluding hydrogens is 272 g/mol. The molecule has 0 spiro atoms. The first kappa shape index (κ1) is 13.3. The topological polar surface area (TPSA) is 79.9 Å². The summed E-state index contributed by atoms with van der Waals surface area (Å²) in [6, 6.07) is 4.22. The lowest BCUT2D eigenvalue weighted by atomic mass is 10.00. The third kappa shape index (κ3) is 1.81. The second-order valence-electron chi connectivity index (χ2n) is 4.97. The van der Waals surface area contributed by atoms with Crippen LogP contribution in [-0.4, -0.2) is 17.3 Å². The van der Waals surface area contributed by atoms with Crippen molar-refractivity contribution in [2.75, 3.05) is 7.11 Å².